The Morgan fingerprint density at radius 1 is 1.15 bits per heavy atom. The van der Waals surface area contributed by atoms with Crippen molar-refractivity contribution in [3.63, 3.8) is 0 Å². The van der Waals surface area contributed by atoms with Gasteiger partial charge in [0.1, 0.15) is 5.82 Å². The Kier molecular flexibility index (Phi) is 4.71. The molecule has 1 aliphatic rings. The summed E-state index contributed by atoms with van der Waals surface area (Å²) in [6.07, 6.45) is 3.42. The number of carbonyl (C=O) groups is 1. The average molecular weight is 365 g/mol. The van der Waals surface area contributed by atoms with Gasteiger partial charge in [-0.25, -0.2) is 4.39 Å². The topological polar surface area (TPSA) is 55.2 Å². The lowest BCUT2D eigenvalue weighted by atomic mass is 10.0. The van der Waals surface area contributed by atoms with E-state index in [1.54, 1.807) is 22.9 Å². The number of rotatable bonds is 4. The van der Waals surface area contributed by atoms with Gasteiger partial charge in [-0.05, 0) is 42.7 Å². The molecule has 0 aliphatic carbocycles. The summed E-state index contributed by atoms with van der Waals surface area (Å²) in [6.45, 7) is 1.12. The van der Waals surface area contributed by atoms with Crippen LogP contribution in [-0.2, 0) is 11.3 Å². The number of aryl methyl sites for hydroxylation is 1. The molecule has 1 atom stereocenters. The van der Waals surface area contributed by atoms with Gasteiger partial charge in [0.25, 0.3) is 0 Å². The van der Waals surface area contributed by atoms with Crippen LogP contribution in [0.25, 0.3) is 10.9 Å². The molecule has 1 fully saturated rings. The summed E-state index contributed by atoms with van der Waals surface area (Å²) in [7, 11) is 0. The van der Waals surface area contributed by atoms with Crippen LogP contribution < -0.4 is 5.43 Å². The molecule has 5 nitrogen and oxygen atoms in total. The molecule has 27 heavy (non-hydrogen) atoms. The van der Waals surface area contributed by atoms with Gasteiger partial charge in [-0.2, -0.15) is 5.10 Å². The number of aromatic nitrogens is 2. The standard InChI is InChI=1S/C21H20FN3O2/c22-16-9-7-15(8-10-16)18-6-3-12-24(18)21(27)11-13-25-19-5-2-1-4-17(19)20(26)14-23-25/h1-2,4-5,7-10,14,18H,3,6,11-13H2. The molecule has 1 unspecified atom stereocenters. The lowest BCUT2D eigenvalue weighted by Crippen LogP contribution is -2.31. The SMILES string of the molecule is O=C(CCn1ncc(=O)c2ccccc21)N1CCCC1c1ccc(F)cc1. The van der Waals surface area contributed by atoms with Gasteiger partial charge < -0.3 is 4.90 Å². The van der Waals surface area contributed by atoms with Crippen molar-refractivity contribution in [2.75, 3.05) is 6.54 Å². The number of benzene rings is 2. The quantitative estimate of drug-likeness (QED) is 0.713. The van der Waals surface area contributed by atoms with Gasteiger partial charge in [0, 0.05) is 18.4 Å². The molecular formula is C21H20FN3O2. The van der Waals surface area contributed by atoms with Gasteiger partial charge >= 0.3 is 0 Å². The maximum Gasteiger partial charge on any atom is 0.224 e. The van der Waals surface area contributed by atoms with Crippen molar-refractivity contribution in [1.29, 1.82) is 0 Å². The molecule has 0 N–H and O–H groups in total. The van der Waals surface area contributed by atoms with Crippen LogP contribution in [0.4, 0.5) is 4.39 Å². The van der Waals surface area contributed by atoms with Crippen molar-refractivity contribution in [3.8, 4) is 0 Å². The maximum absolute atomic E-state index is 13.2. The highest BCUT2D eigenvalue weighted by Crippen LogP contribution is 2.32. The zero-order chi connectivity index (χ0) is 18.8. The number of halogens is 1. The molecule has 4 rings (SSSR count). The van der Waals surface area contributed by atoms with E-state index in [4.69, 9.17) is 0 Å². The van der Waals surface area contributed by atoms with Gasteiger partial charge in [0.15, 0.2) is 0 Å². The summed E-state index contributed by atoms with van der Waals surface area (Å²) >= 11 is 0. The molecule has 0 spiro atoms. The van der Waals surface area contributed by atoms with E-state index in [-0.39, 0.29) is 23.2 Å². The van der Waals surface area contributed by atoms with E-state index in [0.29, 0.717) is 24.9 Å². The molecule has 3 aromatic rings. The molecule has 1 amide bonds. The number of hydrogen-bond donors (Lipinski definition) is 0. The second kappa shape index (κ2) is 7.31. The molecule has 2 aromatic carbocycles. The molecule has 1 aromatic heterocycles. The van der Waals surface area contributed by atoms with Crippen molar-refractivity contribution in [1.82, 2.24) is 14.7 Å². The van der Waals surface area contributed by atoms with E-state index in [1.165, 1.54) is 18.3 Å². The number of hydrogen-bond acceptors (Lipinski definition) is 3. The van der Waals surface area contributed by atoms with Gasteiger partial charge in [0.05, 0.1) is 24.3 Å². The van der Waals surface area contributed by atoms with Crippen molar-refractivity contribution in [3.05, 3.63) is 76.3 Å². The number of likely N-dealkylation sites (tertiary alicyclic amines) is 1. The number of para-hydroxylation sites is 1. The van der Waals surface area contributed by atoms with Crippen LogP contribution in [0, 0.1) is 5.82 Å². The van der Waals surface area contributed by atoms with Crippen LogP contribution in [0.2, 0.25) is 0 Å². The molecule has 138 valence electrons. The van der Waals surface area contributed by atoms with E-state index in [2.05, 4.69) is 5.10 Å². The minimum atomic E-state index is -0.272. The third kappa shape index (κ3) is 3.47. The lowest BCUT2D eigenvalue weighted by Gasteiger charge is -2.25. The van der Waals surface area contributed by atoms with Crippen molar-refractivity contribution in [2.24, 2.45) is 0 Å². The van der Waals surface area contributed by atoms with Crippen LogP contribution in [0.5, 0.6) is 0 Å². The first-order valence-corrected chi connectivity index (χ1v) is 9.13. The highest BCUT2D eigenvalue weighted by Gasteiger charge is 2.29. The Morgan fingerprint density at radius 2 is 1.93 bits per heavy atom. The zero-order valence-corrected chi connectivity index (χ0v) is 14.8. The average Bonchev–Trinajstić information content (AvgIpc) is 3.18. The minimum Gasteiger partial charge on any atom is -0.336 e. The Morgan fingerprint density at radius 3 is 2.74 bits per heavy atom. The highest BCUT2D eigenvalue weighted by molar-refractivity contribution is 5.79. The van der Waals surface area contributed by atoms with E-state index in [0.717, 1.165) is 23.9 Å². The maximum atomic E-state index is 13.2. The summed E-state index contributed by atoms with van der Waals surface area (Å²) in [5.41, 5.74) is 1.58. The number of nitrogens with zero attached hydrogens (tertiary/aromatic N) is 3. The molecule has 6 heteroatoms. The normalized spacial score (nSPS) is 16.8. The molecule has 0 saturated carbocycles. The zero-order valence-electron chi connectivity index (χ0n) is 14.8. The number of amides is 1. The van der Waals surface area contributed by atoms with Gasteiger partial charge in [-0.1, -0.05) is 24.3 Å². The van der Waals surface area contributed by atoms with Crippen LogP contribution >= 0.6 is 0 Å². The van der Waals surface area contributed by atoms with Crippen LogP contribution in [0.15, 0.2) is 59.5 Å². The predicted molar refractivity (Wildman–Crippen MR) is 101 cm³/mol. The van der Waals surface area contributed by atoms with Crippen molar-refractivity contribution >= 4 is 16.8 Å². The van der Waals surface area contributed by atoms with E-state index in [1.807, 2.05) is 23.1 Å². The largest absolute Gasteiger partial charge is 0.336 e. The van der Waals surface area contributed by atoms with Gasteiger partial charge in [-0.15, -0.1) is 0 Å². The third-order valence-corrected chi connectivity index (χ3v) is 5.13. The molecule has 0 bridgehead atoms. The predicted octanol–water partition coefficient (Wildman–Crippen LogP) is 3.29. The van der Waals surface area contributed by atoms with E-state index in [9.17, 15) is 14.0 Å². The summed E-state index contributed by atoms with van der Waals surface area (Å²) in [4.78, 5) is 26.6. The summed E-state index contributed by atoms with van der Waals surface area (Å²) < 4.78 is 14.9. The van der Waals surface area contributed by atoms with Crippen LogP contribution in [-0.4, -0.2) is 27.1 Å². The summed E-state index contributed by atoms with van der Waals surface area (Å²) in [5, 5.41) is 4.79. The van der Waals surface area contributed by atoms with Crippen molar-refractivity contribution in [2.45, 2.75) is 31.8 Å². The fourth-order valence-corrected chi connectivity index (χ4v) is 3.78. The second-order valence-corrected chi connectivity index (χ2v) is 6.80. The smallest absolute Gasteiger partial charge is 0.224 e. The second-order valence-electron chi connectivity index (χ2n) is 6.80. The summed E-state index contributed by atoms with van der Waals surface area (Å²) in [5.74, 6) is -0.225. The molecular weight excluding hydrogens is 345 g/mol. The molecule has 0 radical (unpaired) electrons. The lowest BCUT2D eigenvalue weighted by molar-refractivity contribution is -0.132. The van der Waals surface area contributed by atoms with Crippen LogP contribution in [0.3, 0.4) is 0 Å². The van der Waals surface area contributed by atoms with Gasteiger partial charge in [0.2, 0.25) is 11.3 Å². The Bertz CT molecular complexity index is 1030. The molecule has 1 aliphatic heterocycles. The Hall–Kier alpha value is -3.02. The molecule has 1 saturated heterocycles. The fourth-order valence-electron chi connectivity index (χ4n) is 3.78. The van der Waals surface area contributed by atoms with Crippen molar-refractivity contribution < 1.29 is 9.18 Å². The minimum absolute atomic E-state index is 0.00294. The monoisotopic (exact) mass is 365 g/mol. The number of carbonyl (C=O) groups excluding carboxylic acids is 1. The van der Waals surface area contributed by atoms with Gasteiger partial charge in [-0.3, -0.25) is 14.3 Å². The first-order chi connectivity index (χ1) is 13.1. The Balaban J connectivity index is 1.50. The Labute approximate surface area is 156 Å². The summed E-state index contributed by atoms with van der Waals surface area (Å²) in [6, 6.07) is 13.7. The first kappa shape index (κ1) is 17.4. The van der Waals surface area contributed by atoms with Crippen LogP contribution in [0.1, 0.15) is 30.9 Å². The highest BCUT2D eigenvalue weighted by atomic mass is 19.1. The first-order valence-electron chi connectivity index (χ1n) is 9.13. The van der Waals surface area contributed by atoms with E-state index >= 15 is 0 Å². The van der Waals surface area contributed by atoms with E-state index < -0.39 is 0 Å². The third-order valence-electron chi connectivity index (χ3n) is 5.13. The molecule has 2 heterocycles. The number of fused-ring (bicyclic) bond motifs is 1. The fraction of sp³-hybridized carbons (Fsp3) is 0.286.